The van der Waals surface area contributed by atoms with Crippen LogP contribution in [0.1, 0.15) is 12.8 Å². The van der Waals surface area contributed by atoms with Gasteiger partial charge in [-0.05, 0) is 42.8 Å². The van der Waals surface area contributed by atoms with Crippen LogP contribution < -0.4 is 9.47 Å². The number of alkyl halides is 1. The lowest BCUT2D eigenvalue weighted by Gasteiger charge is -2.10. The maximum Gasteiger partial charge on any atom is 0.137 e. The average molecular weight is 422 g/mol. The van der Waals surface area contributed by atoms with Crippen molar-refractivity contribution in [2.45, 2.75) is 22.6 Å². The topological polar surface area (TPSA) is 38.7 Å². The Bertz CT molecular complexity index is 625. The molecule has 0 saturated heterocycles. The van der Waals surface area contributed by atoms with Gasteiger partial charge < -0.3 is 14.6 Å². The Kier molecular flexibility index (Phi) is 9.07. The van der Waals surface area contributed by atoms with Crippen molar-refractivity contribution in [2.24, 2.45) is 0 Å². The number of halogens is 3. The molecule has 0 fully saturated rings. The van der Waals surface area contributed by atoms with Crippen molar-refractivity contribution in [1.29, 1.82) is 0 Å². The van der Waals surface area contributed by atoms with Crippen molar-refractivity contribution in [3.05, 3.63) is 46.4 Å². The van der Waals surface area contributed by atoms with E-state index in [0.717, 1.165) is 16.2 Å². The summed E-state index contributed by atoms with van der Waals surface area (Å²) in [5, 5.41) is 9.88. The van der Waals surface area contributed by atoms with Crippen LogP contribution in [0, 0.1) is 0 Å². The summed E-state index contributed by atoms with van der Waals surface area (Å²) in [7, 11) is 0. The largest absolute Gasteiger partial charge is 0.492 e. The Labute approximate surface area is 167 Å². The molecule has 136 valence electrons. The fourth-order valence-electron chi connectivity index (χ4n) is 1.94. The Morgan fingerprint density at radius 2 is 1.36 bits per heavy atom. The van der Waals surface area contributed by atoms with Gasteiger partial charge in [0, 0.05) is 28.7 Å². The number of aliphatic hydroxyl groups excluding tert-OH is 1. The fraction of sp³-hybridized carbons (Fsp3) is 0.333. The van der Waals surface area contributed by atoms with Crippen molar-refractivity contribution in [1.82, 2.24) is 0 Å². The molecule has 3 nitrogen and oxygen atoms in total. The van der Waals surface area contributed by atoms with E-state index in [2.05, 4.69) is 0 Å². The normalized spacial score (nSPS) is 10.7. The molecule has 0 aliphatic heterocycles. The highest BCUT2D eigenvalue weighted by molar-refractivity contribution is 7.99. The highest BCUT2D eigenvalue weighted by Crippen LogP contribution is 2.36. The van der Waals surface area contributed by atoms with Crippen LogP contribution in [0.2, 0.25) is 10.0 Å². The number of hydrogen-bond acceptors (Lipinski definition) is 4. The Hall–Kier alpha value is -0.780. The third-order valence-electron chi connectivity index (χ3n) is 3.14. The van der Waals surface area contributed by atoms with Crippen molar-refractivity contribution in [3.8, 4) is 11.5 Å². The summed E-state index contributed by atoms with van der Waals surface area (Å²) in [4.78, 5) is 1.96. The fourth-order valence-corrected chi connectivity index (χ4v) is 3.55. The predicted molar refractivity (Wildman–Crippen MR) is 105 cm³/mol. The molecule has 25 heavy (non-hydrogen) atoms. The maximum atomic E-state index is 8.78. The van der Waals surface area contributed by atoms with Gasteiger partial charge in [0.1, 0.15) is 11.5 Å². The van der Waals surface area contributed by atoms with Gasteiger partial charge in [0.15, 0.2) is 0 Å². The summed E-state index contributed by atoms with van der Waals surface area (Å²) in [6.07, 6.45) is 1.35. The molecule has 2 aromatic carbocycles. The first-order valence-corrected chi connectivity index (χ1v) is 9.94. The van der Waals surface area contributed by atoms with E-state index in [9.17, 15) is 0 Å². The molecule has 0 bridgehead atoms. The quantitative estimate of drug-likeness (QED) is 0.382. The first-order chi connectivity index (χ1) is 12.1. The van der Waals surface area contributed by atoms with E-state index in [1.165, 1.54) is 0 Å². The van der Waals surface area contributed by atoms with E-state index in [4.69, 9.17) is 49.4 Å². The zero-order valence-corrected chi connectivity index (χ0v) is 16.6. The zero-order valence-electron chi connectivity index (χ0n) is 13.5. The van der Waals surface area contributed by atoms with Gasteiger partial charge >= 0.3 is 0 Å². The van der Waals surface area contributed by atoms with Crippen LogP contribution >= 0.6 is 46.6 Å². The minimum absolute atomic E-state index is 0.0951. The van der Waals surface area contributed by atoms with Gasteiger partial charge in [0.2, 0.25) is 0 Å². The lowest BCUT2D eigenvalue weighted by atomic mass is 10.3. The standard InChI is InChI=1S/C18H19Cl3O3S/c19-7-1-9-23-17-5-3-13(11-15(17)20)25-14-4-6-18(16(21)12-14)24-10-2-8-22/h3-6,11-12,22H,1-2,7-10H2. The monoisotopic (exact) mass is 420 g/mol. The number of benzene rings is 2. The Balaban J connectivity index is 1.99. The molecule has 0 spiro atoms. The van der Waals surface area contributed by atoms with Crippen LogP contribution in [0.25, 0.3) is 0 Å². The minimum atomic E-state index is 0.0951. The molecule has 0 saturated carbocycles. The molecule has 0 atom stereocenters. The van der Waals surface area contributed by atoms with E-state index < -0.39 is 0 Å². The van der Waals surface area contributed by atoms with Gasteiger partial charge in [0.05, 0.1) is 23.3 Å². The van der Waals surface area contributed by atoms with Crippen molar-refractivity contribution >= 4 is 46.6 Å². The highest BCUT2D eigenvalue weighted by Gasteiger charge is 2.07. The van der Waals surface area contributed by atoms with E-state index in [0.29, 0.717) is 47.1 Å². The van der Waals surface area contributed by atoms with E-state index >= 15 is 0 Å². The molecule has 0 amide bonds. The molecule has 0 aromatic heterocycles. The van der Waals surface area contributed by atoms with Crippen LogP contribution in [0.4, 0.5) is 0 Å². The second-order valence-corrected chi connectivity index (χ2v) is 7.44. The molecule has 1 N–H and O–H groups in total. The lowest BCUT2D eigenvalue weighted by Crippen LogP contribution is -2.00. The van der Waals surface area contributed by atoms with Crippen molar-refractivity contribution in [2.75, 3.05) is 25.7 Å². The number of aliphatic hydroxyl groups is 1. The first-order valence-electron chi connectivity index (χ1n) is 7.83. The van der Waals surface area contributed by atoms with Crippen molar-refractivity contribution < 1.29 is 14.6 Å². The van der Waals surface area contributed by atoms with Gasteiger partial charge in [0.25, 0.3) is 0 Å². The summed E-state index contributed by atoms with van der Waals surface area (Å²) < 4.78 is 11.1. The van der Waals surface area contributed by atoms with Crippen LogP contribution in [0.3, 0.4) is 0 Å². The molecule has 0 heterocycles. The predicted octanol–water partition coefficient (Wildman–Crippen LogP) is 5.91. The van der Waals surface area contributed by atoms with Gasteiger partial charge in [-0.25, -0.2) is 0 Å². The number of hydrogen-bond donors (Lipinski definition) is 1. The van der Waals surface area contributed by atoms with Crippen LogP contribution in [-0.4, -0.2) is 30.8 Å². The number of ether oxygens (including phenoxy) is 2. The minimum Gasteiger partial charge on any atom is -0.492 e. The second kappa shape index (κ2) is 11.0. The maximum absolute atomic E-state index is 8.78. The van der Waals surface area contributed by atoms with Gasteiger partial charge in [-0.3, -0.25) is 0 Å². The molecule has 0 aliphatic carbocycles. The van der Waals surface area contributed by atoms with Crippen molar-refractivity contribution in [3.63, 3.8) is 0 Å². The van der Waals surface area contributed by atoms with E-state index in [1.54, 1.807) is 11.8 Å². The zero-order chi connectivity index (χ0) is 18.1. The van der Waals surface area contributed by atoms with Gasteiger partial charge in [-0.15, -0.1) is 11.6 Å². The first kappa shape index (κ1) is 20.5. The molecular weight excluding hydrogens is 403 g/mol. The van der Waals surface area contributed by atoms with Gasteiger partial charge in [-0.1, -0.05) is 35.0 Å². The molecule has 0 aliphatic rings. The number of rotatable bonds is 10. The van der Waals surface area contributed by atoms with Gasteiger partial charge in [-0.2, -0.15) is 0 Å². The van der Waals surface area contributed by atoms with Crippen LogP contribution in [-0.2, 0) is 0 Å². The summed E-state index contributed by atoms with van der Waals surface area (Å²) in [5.41, 5.74) is 0. The van der Waals surface area contributed by atoms with Crippen LogP contribution in [0.15, 0.2) is 46.2 Å². The Morgan fingerprint density at radius 3 is 1.80 bits per heavy atom. The molecule has 2 aromatic rings. The van der Waals surface area contributed by atoms with E-state index in [1.807, 2.05) is 36.4 Å². The third-order valence-corrected chi connectivity index (χ3v) is 4.98. The Morgan fingerprint density at radius 1 is 0.840 bits per heavy atom. The summed E-state index contributed by atoms with van der Waals surface area (Å²) in [6.45, 7) is 1.07. The third kappa shape index (κ3) is 6.80. The second-order valence-electron chi connectivity index (χ2n) is 5.10. The summed E-state index contributed by atoms with van der Waals surface area (Å²) >= 11 is 19.7. The molecule has 2 rings (SSSR count). The molecule has 0 unspecified atom stereocenters. The van der Waals surface area contributed by atoms with Crippen LogP contribution in [0.5, 0.6) is 11.5 Å². The van der Waals surface area contributed by atoms with E-state index in [-0.39, 0.29) is 6.61 Å². The highest BCUT2D eigenvalue weighted by atomic mass is 35.5. The lowest BCUT2D eigenvalue weighted by molar-refractivity contribution is 0.233. The smallest absolute Gasteiger partial charge is 0.137 e. The molecule has 7 heteroatoms. The molecule has 0 radical (unpaired) electrons. The average Bonchev–Trinajstić information content (AvgIpc) is 2.59. The SMILES string of the molecule is OCCCOc1ccc(Sc2ccc(OCCCCl)c(Cl)c2)cc1Cl. The summed E-state index contributed by atoms with van der Waals surface area (Å²) in [5.74, 6) is 1.83. The summed E-state index contributed by atoms with van der Waals surface area (Å²) in [6, 6.07) is 11.3. The molecular formula is C18H19Cl3O3S.